The molecule has 2 saturated carbocycles. The molecule has 1 heterocycles. The number of benzene rings is 1. The Morgan fingerprint density at radius 1 is 1.06 bits per heavy atom. The number of carbonyl (C=O) groups is 5. The van der Waals surface area contributed by atoms with Crippen LogP contribution in [0.3, 0.4) is 0 Å². The third kappa shape index (κ3) is 3.68. The van der Waals surface area contributed by atoms with Crippen LogP contribution in [0.15, 0.2) is 24.3 Å². The molecule has 5 atom stereocenters. The lowest BCUT2D eigenvalue weighted by molar-refractivity contribution is -0.159. The van der Waals surface area contributed by atoms with Gasteiger partial charge in [0.15, 0.2) is 6.61 Å². The highest BCUT2D eigenvalue weighted by Gasteiger charge is 2.62. The fourth-order valence-electron chi connectivity index (χ4n) is 5.18. The van der Waals surface area contributed by atoms with Crippen molar-refractivity contribution < 1.29 is 33.4 Å². The number of nitrogens with zero attached hydrogens (tertiary/aromatic N) is 1. The number of methoxy groups -OCH3 is 1. The van der Waals surface area contributed by atoms with Crippen molar-refractivity contribution in [1.29, 1.82) is 0 Å². The molecule has 1 aliphatic heterocycles. The van der Waals surface area contributed by atoms with Crippen molar-refractivity contribution in [2.24, 2.45) is 23.7 Å². The van der Waals surface area contributed by atoms with E-state index in [-0.39, 0.29) is 35.5 Å². The number of esters is 2. The van der Waals surface area contributed by atoms with Crippen LogP contribution in [0.4, 0.5) is 5.69 Å². The van der Waals surface area contributed by atoms with Crippen LogP contribution in [0, 0.1) is 23.7 Å². The summed E-state index contributed by atoms with van der Waals surface area (Å²) < 4.78 is 9.65. The standard InChI is InChI=1S/C22H24N2O7/c1-11(24-19(26)17-13-3-4-14(9-13)18(17)20(24)27)21(28)31-10-16(25)23-15-7-5-12(6-8-15)22(29)30-2/h5-8,11,13-14,17-18H,3-4,9-10H2,1-2H3,(H,23,25)/t11-,13-,14-,17-,18-/m0/s1. The zero-order valence-electron chi connectivity index (χ0n) is 17.3. The van der Waals surface area contributed by atoms with E-state index >= 15 is 0 Å². The molecule has 1 saturated heterocycles. The van der Waals surface area contributed by atoms with Gasteiger partial charge in [-0.3, -0.25) is 19.3 Å². The highest BCUT2D eigenvalue weighted by molar-refractivity contribution is 6.08. The maximum atomic E-state index is 12.8. The fraction of sp³-hybridized carbons (Fsp3) is 0.500. The van der Waals surface area contributed by atoms with Gasteiger partial charge >= 0.3 is 11.9 Å². The lowest BCUT2D eigenvalue weighted by atomic mass is 9.81. The van der Waals surface area contributed by atoms with Crippen molar-refractivity contribution in [3.05, 3.63) is 29.8 Å². The second kappa shape index (κ2) is 8.13. The van der Waals surface area contributed by atoms with Gasteiger partial charge in [-0.2, -0.15) is 0 Å². The number of rotatable bonds is 6. The van der Waals surface area contributed by atoms with Crippen LogP contribution in [0.1, 0.15) is 36.5 Å². The minimum absolute atomic E-state index is 0.232. The van der Waals surface area contributed by atoms with Gasteiger partial charge in [0.05, 0.1) is 24.5 Å². The molecule has 9 heteroatoms. The van der Waals surface area contributed by atoms with Crippen LogP contribution in [-0.4, -0.2) is 54.3 Å². The van der Waals surface area contributed by atoms with Gasteiger partial charge in [0.25, 0.3) is 5.91 Å². The first-order valence-electron chi connectivity index (χ1n) is 10.3. The first-order chi connectivity index (χ1) is 14.8. The molecule has 2 bridgehead atoms. The van der Waals surface area contributed by atoms with E-state index in [4.69, 9.17) is 4.74 Å². The average Bonchev–Trinajstić information content (AvgIpc) is 3.45. The summed E-state index contributed by atoms with van der Waals surface area (Å²) in [4.78, 5) is 62.6. The SMILES string of the molecule is COC(=O)c1ccc(NC(=O)COC(=O)[C@H](C)N2C(=O)[C@H]3[C@H]4CC[C@@H](C4)[C@@H]3C2=O)cc1. The summed E-state index contributed by atoms with van der Waals surface area (Å²) in [6.07, 6.45) is 2.83. The number of likely N-dealkylation sites (tertiary alicyclic amines) is 1. The lowest BCUT2D eigenvalue weighted by Gasteiger charge is -2.23. The van der Waals surface area contributed by atoms with Gasteiger partial charge in [0.1, 0.15) is 6.04 Å². The summed E-state index contributed by atoms with van der Waals surface area (Å²) in [5, 5.41) is 2.54. The van der Waals surface area contributed by atoms with Gasteiger partial charge in [0.2, 0.25) is 11.8 Å². The molecule has 0 spiro atoms. The summed E-state index contributed by atoms with van der Waals surface area (Å²) in [5.74, 6) is -2.61. The Balaban J connectivity index is 1.30. The Bertz CT molecular complexity index is 914. The largest absolute Gasteiger partial charge is 0.465 e. The van der Waals surface area contributed by atoms with Gasteiger partial charge < -0.3 is 14.8 Å². The van der Waals surface area contributed by atoms with Crippen molar-refractivity contribution >= 4 is 35.3 Å². The molecule has 31 heavy (non-hydrogen) atoms. The van der Waals surface area contributed by atoms with Crippen LogP contribution >= 0.6 is 0 Å². The summed E-state index contributed by atoms with van der Waals surface area (Å²) in [7, 11) is 1.27. The molecule has 0 unspecified atom stereocenters. The smallest absolute Gasteiger partial charge is 0.337 e. The number of ether oxygens (including phenoxy) is 2. The van der Waals surface area contributed by atoms with Crippen molar-refractivity contribution in [1.82, 2.24) is 4.90 Å². The minimum Gasteiger partial charge on any atom is -0.465 e. The number of carbonyl (C=O) groups excluding carboxylic acids is 5. The van der Waals surface area contributed by atoms with Gasteiger partial charge in [-0.05, 0) is 62.3 Å². The van der Waals surface area contributed by atoms with Crippen LogP contribution in [0.25, 0.3) is 0 Å². The number of imide groups is 1. The topological polar surface area (TPSA) is 119 Å². The van der Waals surface area contributed by atoms with Gasteiger partial charge in [-0.25, -0.2) is 9.59 Å². The summed E-state index contributed by atoms with van der Waals surface area (Å²) >= 11 is 0. The predicted molar refractivity (Wildman–Crippen MR) is 106 cm³/mol. The number of fused-ring (bicyclic) bond motifs is 5. The normalized spacial score (nSPS) is 27.1. The molecule has 1 aromatic carbocycles. The van der Waals surface area contributed by atoms with Crippen LogP contribution in [-0.2, 0) is 28.7 Å². The Morgan fingerprint density at radius 2 is 1.65 bits per heavy atom. The van der Waals surface area contributed by atoms with Crippen molar-refractivity contribution in [3.63, 3.8) is 0 Å². The molecule has 0 radical (unpaired) electrons. The molecular formula is C22H24N2O7. The molecule has 3 fully saturated rings. The molecule has 4 rings (SSSR count). The molecule has 1 aromatic rings. The van der Waals surface area contributed by atoms with Crippen LogP contribution in [0.2, 0.25) is 0 Å². The predicted octanol–water partition coefficient (Wildman–Crippen LogP) is 1.37. The molecule has 2 aliphatic carbocycles. The highest BCUT2D eigenvalue weighted by atomic mass is 16.5. The van der Waals surface area contributed by atoms with Gasteiger partial charge in [0, 0.05) is 5.69 Å². The van der Waals surface area contributed by atoms with Crippen molar-refractivity contribution in [2.75, 3.05) is 19.0 Å². The molecule has 0 aromatic heterocycles. The monoisotopic (exact) mass is 428 g/mol. The molecule has 3 aliphatic rings. The summed E-state index contributed by atoms with van der Waals surface area (Å²) in [6.45, 7) is 0.890. The average molecular weight is 428 g/mol. The van der Waals surface area contributed by atoms with E-state index in [1.54, 1.807) is 0 Å². The number of nitrogens with one attached hydrogen (secondary N) is 1. The summed E-state index contributed by atoms with van der Waals surface area (Å²) in [5.41, 5.74) is 0.744. The highest BCUT2D eigenvalue weighted by Crippen LogP contribution is 2.56. The van der Waals surface area contributed by atoms with Gasteiger partial charge in [-0.15, -0.1) is 0 Å². The van der Waals surface area contributed by atoms with E-state index in [1.165, 1.54) is 38.3 Å². The lowest BCUT2D eigenvalue weighted by Crippen LogP contribution is -2.45. The van der Waals surface area contributed by atoms with E-state index in [0.29, 0.717) is 11.3 Å². The van der Waals surface area contributed by atoms with E-state index < -0.39 is 30.5 Å². The van der Waals surface area contributed by atoms with Gasteiger partial charge in [-0.1, -0.05) is 0 Å². The molecule has 1 N–H and O–H groups in total. The Hall–Kier alpha value is -3.23. The quantitative estimate of drug-likeness (QED) is 0.537. The second-order valence-electron chi connectivity index (χ2n) is 8.33. The minimum atomic E-state index is -1.07. The number of hydrogen-bond donors (Lipinski definition) is 1. The fourth-order valence-corrected chi connectivity index (χ4v) is 5.18. The molecule has 3 amide bonds. The Labute approximate surface area is 179 Å². The third-order valence-electron chi connectivity index (χ3n) is 6.63. The van der Waals surface area contributed by atoms with E-state index in [2.05, 4.69) is 10.1 Å². The number of anilines is 1. The maximum Gasteiger partial charge on any atom is 0.337 e. The zero-order chi connectivity index (χ0) is 22.3. The first kappa shape index (κ1) is 21.0. The Morgan fingerprint density at radius 3 is 2.19 bits per heavy atom. The zero-order valence-corrected chi connectivity index (χ0v) is 17.3. The van der Waals surface area contributed by atoms with Crippen LogP contribution in [0.5, 0.6) is 0 Å². The third-order valence-corrected chi connectivity index (χ3v) is 6.63. The second-order valence-corrected chi connectivity index (χ2v) is 8.33. The molecular weight excluding hydrogens is 404 g/mol. The number of amides is 3. The maximum absolute atomic E-state index is 12.8. The first-order valence-corrected chi connectivity index (χ1v) is 10.3. The summed E-state index contributed by atoms with van der Waals surface area (Å²) in [6, 6.07) is 4.94. The van der Waals surface area contributed by atoms with E-state index in [0.717, 1.165) is 24.2 Å². The van der Waals surface area contributed by atoms with E-state index in [9.17, 15) is 24.0 Å². The van der Waals surface area contributed by atoms with Crippen LogP contribution < -0.4 is 5.32 Å². The number of hydrogen-bond acceptors (Lipinski definition) is 7. The molecule has 9 nitrogen and oxygen atoms in total. The van der Waals surface area contributed by atoms with E-state index in [1.807, 2.05) is 0 Å². The van der Waals surface area contributed by atoms with Crippen molar-refractivity contribution in [3.8, 4) is 0 Å². The Kier molecular flexibility index (Phi) is 5.51. The molecule has 164 valence electrons. The van der Waals surface area contributed by atoms with Crippen molar-refractivity contribution in [2.45, 2.75) is 32.2 Å².